The Kier molecular flexibility index (Phi) is 5.26. The van der Waals surface area contributed by atoms with E-state index >= 15 is 0 Å². The lowest BCUT2D eigenvalue weighted by atomic mass is 10.3. The Bertz CT molecular complexity index is 626. The zero-order valence-electron chi connectivity index (χ0n) is 11.4. The number of nitrogens with one attached hydrogen (secondary N) is 2. The van der Waals surface area contributed by atoms with Gasteiger partial charge in [-0.25, -0.2) is 20.2 Å². The third-order valence-corrected chi connectivity index (χ3v) is 2.86. The highest BCUT2D eigenvalue weighted by Crippen LogP contribution is 2.26. The maximum Gasteiger partial charge on any atom is 0.158 e. The fourth-order valence-corrected chi connectivity index (χ4v) is 1.84. The molecule has 0 spiro atoms. The number of aromatic nitrogens is 2. The van der Waals surface area contributed by atoms with Crippen LogP contribution in [0.25, 0.3) is 0 Å². The molecule has 2 aromatic rings. The van der Waals surface area contributed by atoms with Gasteiger partial charge in [0.1, 0.15) is 24.1 Å². The van der Waals surface area contributed by atoms with Gasteiger partial charge in [-0.3, -0.25) is 0 Å². The number of hydrazine groups is 1. The molecule has 0 aliphatic rings. The first-order valence-electron chi connectivity index (χ1n) is 6.26. The second-order valence-corrected chi connectivity index (χ2v) is 4.49. The molecule has 0 fully saturated rings. The van der Waals surface area contributed by atoms with Crippen molar-refractivity contribution >= 4 is 28.9 Å². The second-order valence-electron chi connectivity index (χ2n) is 4.09. The lowest BCUT2D eigenvalue weighted by Gasteiger charge is -2.11. The Morgan fingerprint density at radius 3 is 2.71 bits per heavy atom. The van der Waals surface area contributed by atoms with Gasteiger partial charge in [0, 0.05) is 12.7 Å². The molecule has 21 heavy (non-hydrogen) atoms. The van der Waals surface area contributed by atoms with Crippen molar-refractivity contribution in [2.45, 2.75) is 13.5 Å². The van der Waals surface area contributed by atoms with Crippen molar-refractivity contribution in [3.05, 3.63) is 40.9 Å². The average Bonchev–Trinajstić information content (AvgIpc) is 2.48. The minimum Gasteiger partial charge on any atom is -0.374 e. The highest BCUT2D eigenvalue weighted by Gasteiger charge is 2.07. The Morgan fingerprint density at radius 1 is 1.29 bits per heavy atom. The maximum absolute atomic E-state index is 13.0. The number of hydrogen-bond acceptors (Lipinski definition) is 6. The summed E-state index contributed by atoms with van der Waals surface area (Å²) in [5, 5.41) is 3.24. The van der Waals surface area contributed by atoms with Crippen LogP contribution in [0.15, 0.2) is 24.3 Å². The van der Waals surface area contributed by atoms with Crippen LogP contribution >= 0.6 is 11.6 Å². The lowest BCUT2D eigenvalue weighted by molar-refractivity contribution is 0.128. The standard InChI is InChI=1S/C13H15ClFN5O/c1-2-21-7-13-18-11(6-12(19-13)20-16)17-10-4-3-8(15)5-9(10)14/h3-6H,2,7,16H2,1H3,(H2,17,18,19,20). The topological polar surface area (TPSA) is 85.1 Å². The molecule has 0 atom stereocenters. The number of rotatable bonds is 6. The summed E-state index contributed by atoms with van der Waals surface area (Å²) >= 11 is 5.97. The fraction of sp³-hybridized carbons (Fsp3) is 0.231. The molecule has 112 valence electrons. The van der Waals surface area contributed by atoms with Crippen LogP contribution < -0.4 is 16.6 Å². The Hall–Kier alpha value is -1.96. The van der Waals surface area contributed by atoms with Crippen LogP contribution in [0.1, 0.15) is 12.7 Å². The highest BCUT2D eigenvalue weighted by atomic mass is 35.5. The van der Waals surface area contributed by atoms with Crippen molar-refractivity contribution in [3.63, 3.8) is 0 Å². The van der Waals surface area contributed by atoms with Crippen LogP contribution in [0.4, 0.5) is 21.7 Å². The molecule has 2 rings (SSSR count). The monoisotopic (exact) mass is 311 g/mol. The number of hydrogen-bond donors (Lipinski definition) is 3. The van der Waals surface area contributed by atoms with Crippen LogP contribution in [0.3, 0.4) is 0 Å². The van der Waals surface area contributed by atoms with E-state index < -0.39 is 5.82 Å². The maximum atomic E-state index is 13.0. The van der Waals surface area contributed by atoms with Gasteiger partial charge in [-0.05, 0) is 25.1 Å². The first-order valence-corrected chi connectivity index (χ1v) is 6.64. The van der Waals surface area contributed by atoms with Gasteiger partial charge in [0.05, 0.1) is 10.7 Å². The zero-order valence-corrected chi connectivity index (χ0v) is 12.1. The van der Waals surface area contributed by atoms with Gasteiger partial charge in [0.15, 0.2) is 5.82 Å². The molecule has 0 aliphatic carbocycles. The van der Waals surface area contributed by atoms with Crippen molar-refractivity contribution in [3.8, 4) is 0 Å². The van der Waals surface area contributed by atoms with E-state index in [0.717, 1.165) is 0 Å². The molecule has 4 N–H and O–H groups in total. The molecule has 6 nitrogen and oxygen atoms in total. The average molecular weight is 312 g/mol. The predicted molar refractivity (Wildman–Crippen MR) is 79.9 cm³/mol. The van der Waals surface area contributed by atoms with Crippen molar-refractivity contribution in [1.82, 2.24) is 9.97 Å². The quantitative estimate of drug-likeness (QED) is 0.562. The van der Waals surface area contributed by atoms with Gasteiger partial charge in [0.2, 0.25) is 0 Å². The van der Waals surface area contributed by atoms with Crippen LogP contribution in [0, 0.1) is 5.82 Å². The third-order valence-electron chi connectivity index (χ3n) is 2.55. The van der Waals surface area contributed by atoms with Crippen LogP contribution in [0.5, 0.6) is 0 Å². The van der Waals surface area contributed by atoms with E-state index in [0.29, 0.717) is 29.8 Å². The summed E-state index contributed by atoms with van der Waals surface area (Å²) in [7, 11) is 0. The summed E-state index contributed by atoms with van der Waals surface area (Å²) in [5.74, 6) is 6.34. The van der Waals surface area contributed by atoms with E-state index in [9.17, 15) is 4.39 Å². The predicted octanol–water partition coefficient (Wildman–Crippen LogP) is 2.83. The van der Waals surface area contributed by atoms with E-state index in [1.54, 1.807) is 6.07 Å². The first-order chi connectivity index (χ1) is 10.1. The number of benzene rings is 1. The molecule has 0 saturated heterocycles. The number of nitrogens with two attached hydrogens (primary N) is 1. The van der Waals surface area contributed by atoms with Gasteiger partial charge in [-0.15, -0.1) is 0 Å². The summed E-state index contributed by atoms with van der Waals surface area (Å²) in [6.45, 7) is 2.69. The molecular weight excluding hydrogens is 297 g/mol. The minimum atomic E-state index is -0.408. The zero-order chi connectivity index (χ0) is 15.2. The molecule has 1 aromatic carbocycles. The number of nitrogen functional groups attached to an aromatic ring is 1. The third kappa shape index (κ3) is 4.25. The summed E-state index contributed by atoms with van der Waals surface area (Å²) in [6, 6.07) is 5.65. The molecule has 1 aromatic heterocycles. The molecule has 0 bridgehead atoms. The van der Waals surface area contributed by atoms with E-state index in [2.05, 4.69) is 20.7 Å². The molecule has 0 saturated carbocycles. The number of nitrogens with zero attached hydrogens (tertiary/aromatic N) is 2. The number of halogens is 2. The number of anilines is 3. The van der Waals surface area contributed by atoms with Crippen LogP contribution in [0.2, 0.25) is 5.02 Å². The smallest absolute Gasteiger partial charge is 0.158 e. The van der Waals surface area contributed by atoms with Crippen molar-refractivity contribution in [2.75, 3.05) is 17.3 Å². The summed E-state index contributed by atoms with van der Waals surface area (Å²) in [5.41, 5.74) is 2.98. The Labute approximate surface area is 126 Å². The highest BCUT2D eigenvalue weighted by molar-refractivity contribution is 6.33. The van der Waals surface area contributed by atoms with Crippen molar-refractivity contribution < 1.29 is 9.13 Å². The lowest BCUT2D eigenvalue weighted by Crippen LogP contribution is -2.12. The molecular formula is C13H15ClFN5O. The SMILES string of the molecule is CCOCc1nc(NN)cc(Nc2ccc(F)cc2Cl)n1. The van der Waals surface area contributed by atoms with Crippen LogP contribution in [-0.2, 0) is 11.3 Å². The normalized spacial score (nSPS) is 10.5. The van der Waals surface area contributed by atoms with Gasteiger partial charge in [-0.2, -0.15) is 0 Å². The van der Waals surface area contributed by atoms with E-state index in [-0.39, 0.29) is 11.6 Å². The summed E-state index contributed by atoms with van der Waals surface area (Å²) < 4.78 is 18.3. The summed E-state index contributed by atoms with van der Waals surface area (Å²) in [6.07, 6.45) is 0. The molecule has 1 heterocycles. The minimum absolute atomic E-state index is 0.252. The molecule has 0 radical (unpaired) electrons. The van der Waals surface area contributed by atoms with E-state index in [4.69, 9.17) is 22.2 Å². The number of ether oxygens (including phenoxy) is 1. The molecule has 0 unspecified atom stereocenters. The van der Waals surface area contributed by atoms with Crippen LogP contribution in [-0.4, -0.2) is 16.6 Å². The molecule has 0 aliphatic heterocycles. The van der Waals surface area contributed by atoms with E-state index in [1.807, 2.05) is 6.92 Å². The van der Waals surface area contributed by atoms with Gasteiger partial charge >= 0.3 is 0 Å². The molecule has 8 heteroatoms. The first kappa shape index (κ1) is 15.4. The van der Waals surface area contributed by atoms with Gasteiger partial charge in [0.25, 0.3) is 0 Å². The Morgan fingerprint density at radius 2 is 2.05 bits per heavy atom. The molecule has 0 amide bonds. The fourth-order valence-electron chi connectivity index (χ4n) is 1.62. The summed E-state index contributed by atoms with van der Waals surface area (Å²) in [4.78, 5) is 8.44. The second kappa shape index (κ2) is 7.16. The Balaban J connectivity index is 2.25. The van der Waals surface area contributed by atoms with Gasteiger partial charge in [-0.1, -0.05) is 11.6 Å². The van der Waals surface area contributed by atoms with E-state index in [1.165, 1.54) is 18.2 Å². The van der Waals surface area contributed by atoms with Gasteiger partial charge < -0.3 is 15.5 Å². The largest absolute Gasteiger partial charge is 0.374 e. The van der Waals surface area contributed by atoms with Crippen molar-refractivity contribution in [1.29, 1.82) is 0 Å². The van der Waals surface area contributed by atoms with Crippen molar-refractivity contribution in [2.24, 2.45) is 5.84 Å².